The van der Waals surface area contributed by atoms with Crippen molar-refractivity contribution in [3.8, 4) is 0 Å². The van der Waals surface area contributed by atoms with E-state index in [9.17, 15) is 0 Å². The fraction of sp³-hybridized carbons (Fsp3) is 0.167. The van der Waals surface area contributed by atoms with Crippen LogP contribution in [0.3, 0.4) is 0 Å². The van der Waals surface area contributed by atoms with E-state index in [0.29, 0.717) is 17.3 Å². The first-order chi connectivity index (χ1) is 4.72. The SMILES string of the molecule is Nc1cc(N)nc(CS)c1. The molecule has 0 amide bonds. The lowest BCUT2D eigenvalue weighted by Crippen LogP contribution is -1.96. The van der Waals surface area contributed by atoms with Gasteiger partial charge < -0.3 is 11.5 Å². The summed E-state index contributed by atoms with van der Waals surface area (Å²) in [5, 5.41) is 0. The van der Waals surface area contributed by atoms with E-state index in [0.717, 1.165) is 5.69 Å². The molecule has 4 heteroatoms. The minimum absolute atomic E-state index is 0.448. The fourth-order valence-electron chi connectivity index (χ4n) is 0.716. The van der Waals surface area contributed by atoms with Crippen molar-refractivity contribution in [1.29, 1.82) is 0 Å². The number of aromatic nitrogens is 1. The van der Waals surface area contributed by atoms with E-state index in [4.69, 9.17) is 11.5 Å². The highest BCUT2D eigenvalue weighted by Gasteiger charge is 1.94. The summed E-state index contributed by atoms with van der Waals surface area (Å²) in [6.45, 7) is 0. The number of anilines is 2. The van der Waals surface area contributed by atoms with Crippen LogP contribution in [0.4, 0.5) is 11.5 Å². The van der Waals surface area contributed by atoms with Gasteiger partial charge in [-0.2, -0.15) is 12.6 Å². The third-order valence-electron chi connectivity index (χ3n) is 1.08. The molecule has 1 aromatic rings. The van der Waals surface area contributed by atoms with Crippen LogP contribution in [0.1, 0.15) is 5.69 Å². The Morgan fingerprint density at radius 2 is 2.10 bits per heavy atom. The third-order valence-corrected chi connectivity index (χ3v) is 1.41. The number of nitrogens with two attached hydrogens (primary N) is 2. The average Bonchev–Trinajstić information content (AvgIpc) is 1.85. The van der Waals surface area contributed by atoms with Crippen molar-refractivity contribution in [2.45, 2.75) is 5.75 Å². The van der Waals surface area contributed by atoms with Crippen molar-refractivity contribution in [1.82, 2.24) is 4.98 Å². The number of nitrogen functional groups attached to an aromatic ring is 2. The molecule has 0 atom stereocenters. The Morgan fingerprint density at radius 1 is 1.40 bits per heavy atom. The van der Waals surface area contributed by atoms with Crippen molar-refractivity contribution < 1.29 is 0 Å². The summed E-state index contributed by atoms with van der Waals surface area (Å²) < 4.78 is 0. The molecule has 0 aromatic carbocycles. The van der Waals surface area contributed by atoms with Crippen molar-refractivity contribution >= 4 is 24.1 Å². The highest BCUT2D eigenvalue weighted by atomic mass is 32.1. The Morgan fingerprint density at radius 3 is 2.60 bits per heavy atom. The van der Waals surface area contributed by atoms with Gasteiger partial charge in [0, 0.05) is 17.5 Å². The lowest BCUT2D eigenvalue weighted by atomic mass is 10.3. The molecule has 10 heavy (non-hydrogen) atoms. The summed E-state index contributed by atoms with van der Waals surface area (Å²) in [7, 11) is 0. The predicted octanol–water partition coefficient (Wildman–Crippen LogP) is 0.676. The van der Waals surface area contributed by atoms with Crippen LogP contribution in [0.2, 0.25) is 0 Å². The Hall–Kier alpha value is -0.900. The first-order valence-corrected chi connectivity index (χ1v) is 3.48. The van der Waals surface area contributed by atoms with Gasteiger partial charge >= 0.3 is 0 Å². The second-order valence-corrected chi connectivity index (χ2v) is 2.29. The third kappa shape index (κ3) is 1.54. The van der Waals surface area contributed by atoms with E-state index >= 15 is 0 Å². The van der Waals surface area contributed by atoms with Crippen LogP contribution in [0, 0.1) is 0 Å². The van der Waals surface area contributed by atoms with Crippen LogP contribution < -0.4 is 11.5 Å². The van der Waals surface area contributed by atoms with E-state index in [1.54, 1.807) is 12.1 Å². The molecular weight excluding hydrogens is 146 g/mol. The molecular formula is C6H9N3S. The first kappa shape index (κ1) is 7.21. The van der Waals surface area contributed by atoms with E-state index in [-0.39, 0.29) is 0 Å². The summed E-state index contributed by atoms with van der Waals surface area (Å²) in [5.74, 6) is 1.01. The Labute approximate surface area is 64.9 Å². The number of hydrogen-bond acceptors (Lipinski definition) is 4. The molecule has 0 saturated heterocycles. The van der Waals surface area contributed by atoms with Gasteiger partial charge in [0.1, 0.15) is 5.82 Å². The van der Waals surface area contributed by atoms with E-state index in [1.165, 1.54) is 0 Å². The number of thiol groups is 1. The largest absolute Gasteiger partial charge is 0.399 e. The quantitative estimate of drug-likeness (QED) is 0.522. The zero-order valence-corrected chi connectivity index (χ0v) is 6.31. The average molecular weight is 155 g/mol. The number of hydrogen-bond donors (Lipinski definition) is 3. The molecule has 1 aromatic heterocycles. The summed E-state index contributed by atoms with van der Waals surface area (Å²) in [5.41, 5.74) is 12.3. The topological polar surface area (TPSA) is 64.9 Å². The van der Waals surface area contributed by atoms with Gasteiger partial charge in [0.05, 0.1) is 5.69 Å². The molecule has 0 aliphatic rings. The molecule has 0 unspecified atom stereocenters. The first-order valence-electron chi connectivity index (χ1n) is 2.85. The van der Waals surface area contributed by atoms with Crippen molar-refractivity contribution in [3.63, 3.8) is 0 Å². The van der Waals surface area contributed by atoms with Gasteiger partial charge in [-0.1, -0.05) is 0 Å². The Kier molecular flexibility index (Phi) is 2.01. The van der Waals surface area contributed by atoms with E-state index in [1.807, 2.05) is 0 Å². The molecule has 0 bridgehead atoms. The standard InChI is InChI=1S/C6H9N3S/c7-4-1-5(3-10)9-6(8)2-4/h1-2,10H,3H2,(H4,7,8,9). The van der Waals surface area contributed by atoms with Gasteiger partial charge in [-0.05, 0) is 6.07 Å². The minimum Gasteiger partial charge on any atom is -0.399 e. The van der Waals surface area contributed by atoms with Crippen LogP contribution in [0.5, 0.6) is 0 Å². The maximum absolute atomic E-state index is 5.48. The Bertz CT molecular complexity index is 216. The highest BCUT2D eigenvalue weighted by Crippen LogP contribution is 2.10. The monoisotopic (exact) mass is 155 g/mol. The lowest BCUT2D eigenvalue weighted by Gasteiger charge is -1.98. The highest BCUT2D eigenvalue weighted by molar-refractivity contribution is 7.79. The number of pyridine rings is 1. The molecule has 0 radical (unpaired) electrons. The predicted molar refractivity (Wildman–Crippen MR) is 45.8 cm³/mol. The molecule has 0 aliphatic carbocycles. The van der Waals surface area contributed by atoms with Gasteiger partial charge in [-0.15, -0.1) is 0 Å². The van der Waals surface area contributed by atoms with Crippen LogP contribution >= 0.6 is 12.6 Å². The molecule has 0 spiro atoms. The van der Waals surface area contributed by atoms with Gasteiger partial charge in [-0.3, -0.25) is 0 Å². The van der Waals surface area contributed by atoms with Crippen LogP contribution in [0.25, 0.3) is 0 Å². The van der Waals surface area contributed by atoms with Crippen molar-refractivity contribution in [3.05, 3.63) is 17.8 Å². The lowest BCUT2D eigenvalue weighted by molar-refractivity contribution is 1.19. The summed E-state index contributed by atoms with van der Waals surface area (Å²) in [6, 6.07) is 3.37. The van der Waals surface area contributed by atoms with Crippen molar-refractivity contribution in [2.24, 2.45) is 0 Å². The zero-order chi connectivity index (χ0) is 7.56. The van der Waals surface area contributed by atoms with Gasteiger partial charge in [0.2, 0.25) is 0 Å². The fourth-order valence-corrected chi connectivity index (χ4v) is 0.878. The van der Waals surface area contributed by atoms with Gasteiger partial charge in [0.15, 0.2) is 0 Å². The van der Waals surface area contributed by atoms with Crippen molar-refractivity contribution in [2.75, 3.05) is 11.5 Å². The molecule has 54 valence electrons. The van der Waals surface area contributed by atoms with Crippen LogP contribution in [-0.2, 0) is 5.75 Å². The normalized spacial score (nSPS) is 9.70. The van der Waals surface area contributed by atoms with E-state index < -0.39 is 0 Å². The molecule has 1 heterocycles. The second kappa shape index (κ2) is 2.79. The zero-order valence-electron chi connectivity index (χ0n) is 5.41. The molecule has 0 aliphatic heterocycles. The molecule has 4 N–H and O–H groups in total. The summed E-state index contributed by atoms with van der Waals surface area (Å²) >= 11 is 4.03. The molecule has 1 rings (SSSR count). The second-order valence-electron chi connectivity index (χ2n) is 1.97. The minimum atomic E-state index is 0.448. The van der Waals surface area contributed by atoms with Crippen LogP contribution in [-0.4, -0.2) is 4.98 Å². The van der Waals surface area contributed by atoms with E-state index in [2.05, 4.69) is 17.6 Å². The smallest absolute Gasteiger partial charge is 0.125 e. The molecule has 3 nitrogen and oxygen atoms in total. The maximum Gasteiger partial charge on any atom is 0.125 e. The molecule has 0 fully saturated rings. The maximum atomic E-state index is 5.48. The summed E-state index contributed by atoms with van der Waals surface area (Å²) in [6.07, 6.45) is 0. The Balaban J connectivity index is 3.06. The summed E-state index contributed by atoms with van der Waals surface area (Å²) in [4.78, 5) is 3.97. The number of nitrogens with zero attached hydrogens (tertiary/aromatic N) is 1. The van der Waals surface area contributed by atoms with Gasteiger partial charge in [0.25, 0.3) is 0 Å². The molecule has 0 saturated carbocycles. The van der Waals surface area contributed by atoms with Gasteiger partial charge in [-0.25, -0.2) is 4.98 Å². The number of rotatable bonds is 1. The van der Waals surface area contributed by atoms with Crippen LogP contribution in [0.15, 0.2) is 12.1 Å².